The van der Waals surface area contributed by atoms with Crippen molar-refractivity contribution in [1.29, 1.82) is 0 Å². The molecule has 100 valence electrons. The van der Waals surface area contributed by atoms with Crippen molar-refractivity contribution < 1.29 is 15.0 Å². The highest BCUT2D eigenvalue weighted by atomic mass is 32.1. The second kappa shape index (κ2) is 4.89. The third-order valence-electron chi connectivity index (χ3n) is 2.68. The van der Waals surface area contributed by atoms with Crippen molar-refractivity contribution in [2.45, 2.75) is 13.8 Å². The van der Waals surface area contributed by atoms with Gasteiger partial charge in [0.1, 0.15) is 22.3 Å². The number of nitrogens with zero attached hydrogens (tertiary/aromatic N) is 1. The van der Waals surface area contributed by atoms with Crippen LogP contribution in [0.25, 0.3) is 10.6 Å². The Morgan fingerprint density at radius 2 is 2.05 bits per heavy atom. The summed E-state index contributed by atoms with van der Waals surface area (Å²) in [5, 5.41) is 22.0. The van der Waals surface area contributed by atoms with Crippen molar-refractivity contribution in [2.24, 2.45) is 5.92 Å². The fourth-order valence-corrected chi connectivity index (χ4v) is 2.46. The van der Waals surface area contributed by atoms with E-state index in [0.29, 0.717) is 10.8 Å². The molecule has 0 spiro atoms. The molecule has 0 aliphatic carbocycles. The first-order valence-electron chi connectivity index (χ1n) is 5.72. The van der Waals surface area contributed by atoms with E-state index in [1.165, 1.54) is 23.5 Å². The number of nitrogen functional groups attached to an aromatic ring is 1. The summed E-state index contributed by atoms with van der Waals surface area (Å²) in [5.74, 6) is -0.521. The van der Waals surface area contributed by atoms with Crippen LogP contribution in [0, 0.1) is 5.92 Å². The quantitative estimate of drug-likeness (QED) is 0.750. The van der Waals surface area contributed by atoms with Gasteiger partial charge >= 0.3 is 0 Å². The highest BCUT2D eigenvalue weighted by molar-refractivity contribution is 7.13. The number of anilines is 1. The third kappa shape index (κ3) is 2.39. The maximum absolute atomic E-state index is 12.0. The van der Waals surface area contributed by atoms with Crippen LogP contribution in [0.5, 0.6) is 11.5 Å². The predicted molar refractivity (Wildman–Crippen MR) is 74.5 cm³/mol. The van der Waals surface area contributed by atoms with E-state index in [0.717, 1.165) is 0 Å². The SMILES string of the molecule is CC(C)C(=O)c1ccc(O)c(-c2nc(N)cs2)c1O. The lowest BCUT2D eigenvalue weighted by atomic mass is 9.97. The van der Waals surface area contributed by atoms with Gasteiger partial charge in [-0.05, 0) is 12.1 Å². The first kappa shape index (κ1) is 13.4. The monoisotopic (exact) mass is 278 g/mol. The van der Waals surface area contributed by atoms with Gasteiger partial charge in [-0.3, -0.25) is 4.79 Å². The van der Waals surface area contributed by atoms with Crippen LogP contribution in [-0.2, 0) is 0 Å². The minimum absolute atomic E-state index is 0.132. The van der Waals surface area contributed by atoms with Gasteiger partial charge in [0, 0.05) is 11.3 Å². The van der Waals surface area contributed by atoms with Gasteiger partial charge in [-0.2, -0.15) is 0 Å². The molecule has 4 N–H and O–H groups in total. The summed E-state index contributed by atoms with van der Waals surface area (Å²) < 4.78 is 0. The maximum atomic E-state index is 12.0. The van der Waals surface area contributed by atoms with Crippen molar-refractivity contribution in [3.05, 3.63) is 23.1 Å². The average molecular weight is 278 g/mol. The van der Waals surface area contributed by atoms with E-state index >= 15 is 0 Å². The van der Waals surface area contributed by atoms with Gasteiger partial charge in [-0.1, -0.05) is 13.8 Å². The molecule has 1 heterocycles. The Balaban J connectivity index is 2.61. The van der Waals surface area contributed by atoms with Crippen molar-refractivity contribution in [3.8, 4) is 22.1 Å². The number of phenolic OH excluding ortho intramolecular Hbond substituents is 2. The van der Waals surface area contributed by atoms with Crippen LogP contribution in [-0.4, -0.2) is 21.0 Å². The minimum Gasteiger partial charge on any atom is -0.507 e. The zero-order chi connectivity index (χ0) is 14.2. The molecule has 0 aliphatic rings. The number of hydrogen-bond acceptors (Lipinski definition) is 6. The van der Waals surface area contributed by atoms with Gasteiger partial charge in [0.25, 0.3) is 0 Å². The minimum atomic E-state index is -0.256. The number of hydrogen-bond donors (Lipinski definition) is 3. The fraction of sp³-hybridized carbons (Fsp3) is 0.231. The molecule has 0 unspecified atom stereocenters. The number of carbonyl (C=O) groups is 1. The molecule has 0 saturated carbocycles. The first-order valence-corrected chi connectivity index (χ1v) is 6.60. The first-order chi connectivity index (χ1) is 8.91. The molecule has 0 aliphatic heterocycles. The van der Waals surface area contributed by atoms with Crippen molar-refractivity contribution in [3.63, 3.8) is 0 Å². The van der Waals surface area contributed by atoms with Crippen molar-refractivity contribution in [1.82, 2.24) is 4.98 Å². The molecule has 0 amide bonds. The predicted octanol–water partition coefficient (Wildman–Crippen LogP) is 2.64. The highest BCUT2D eigenvalue weighted by Gasteiger charge is 2.22. The number of rotatable bonds is 3. The van der Waals surface area contributed by atoms with Crippen LogP contribution in [0.4, 0.5) is 5.82 Å². The molecule has 2 aromatic rings. The van der Waals surface area contributed by atoms with Crippen LogP contribution in [0.2, 0.25) is 0 Å². The van der Waals surface area contributed by atoms with Gasteiger partial charge in [-0.25, -0.2) is 4.98 Å². The van der Waals surface area contributed by atoms with Crippen LogP contribution >= 0.6 is 11.3 Å². The molecular weight excluding hydrogens is 264 g/mol. The lowest BCUT2D eigenvalue weighted by Crippen LogP contribution is -2.08. The standard InChI is InChI=1S/C13H14N2O3S/c1-6(2)11(17)7-3-4-8(16)10(12(7)18)13-15-9(14)5-19-13/h3-6,16,18H,14H2,1-2H3. The number of aromatic hydroxyl groups is 2. The van der Waals surface area contributed by atoms with E-state index in [2.05, 4.69) is 4.98 Å². The van der Waals surface area contributed by atoms with Crippen LogP contribution < -0.4 is 5.73 Å². The Hall–Kier alpha value is -2.08. The summed E-state index contributed by atoms with van der Waals surface area (Å²) in [5.41, 5.74) is 5.86. The zero-order valence-corrected chi connectivity index (χ0v) is 11.4. The fourth-order valence-electron chi connectivity index (χ4n) is 1.70. The summed E-state index contributed by atoms with van der Waals surface area (Å²) in [6, 6.07) is 2.79. The Morgan fingerprint density at radius 3 is 2.58 bits per heavy atom. The molecular formula is C13H14N2O3S. The normalized spacial score (nSPS) is 10.9. The lowest BCUT2D eigenvalue weighted by Gasteiger charge is -2.10. The molecule has 19 heavy (non-hydrogen) atoms. The van der Waals surface area contributed by atoms with Gasteiger partial charge < -0.3 is 15.9 Å². The van der Waals surface area contributed by atoms with Gasteiger partial charge in [0.15, 0.2) is 5.78 Å². The molecule has 1 aromatic heterocycles. The van der Waals surface area contributed by atoms with E-state index in [-0.39, 0.29) is 34.3 Å². The zero-order valence-electron chi connectivity index (χ0n) is 10.5. The maximum Gasteiger partial charge on any atom is 0.169 e. The van der Waals surface area contributed by atoms with E-state index in [1.807, 2.05) is 0 Å². The van der Waals surface area contributed by atoms with E-state index in [9.17, 15) is 15.0 Å². The molecule has 2 rings (SSSR count). The second-order valence-electron chi connectivity index (χ2n) is 4.45. The smallest absolute Gasteiger partial charge is 0.169 e. The number of thiazole rings is 1. The summed E-state index contributed by atoms with van der Waals surface area (Å²) in [4.78, 5) is 16.0. The average Bonchev–Trinajstić information content (AvgIpc) is 2.75. The number of phenols is 2. The summed E-state index contributed by atoms with van der Waals surface area (Å²) >= 11 is 1.19. The number of ketones is 1. The summed E-state index contributed by atoms with van der Waals surface area (Å²) in [7, 11) is 0. The Kier molecular flexibility index (Phi) is 3.44. The van der Waals surface area contributed by atoms with Gasteiger partial charge in [0.2, 0.25) is 0 Å². The lowest BCUT2D eigenvalue weighted by molar-refractivity contribution is 0.0937. The summed E-state index contributed by atoms with van der Waals surface area (Å²) in [6.45, 7) is 3.49. The molecule has 0 radical (unpaired) electrons. The number of benzene rings is 1. The van der Waals surface area contributed by atoms with Crippen molar-refractivity contribution in [2.75, 3.05) is 5.73 Å². The number of Topliss-reactive ketones (excluding diaryl/α,β-unsaturated/α-hetero) is 1. The van der Waals surface area contributed by atoms with Gasteiger partial charge in [-0.15, -0.1) is 11.3 Å². The second-order valence-corrected chi connectivity index (χ2v) is 5.31. The van der Waals surface area contributed by atoms with E-state index in [1.54, 1.807) is 19.2 Å². The van der Waals surface area contributed by atoms with E-state index in [4.69, 9.17) is 5.73 Å². The molecule has 5 nitrogen and oxygen atoms in total. The Morgan fingerprint density at radius 1 is 1.37 bits per heavy atom. The summed E-state index contributed by atoms with van der Waals surface area (Å²) in [6.07, 6.45) is 0. The van der Waals surface area contributed by atoms with E-state index < -0.39 is 0 Å². The Bertz CT molecular complexity index is 635. The number of nitrogens with two attached hydrogens (primary N) is 1. The van der Waals surface area contributed by atoms with Crippen LogP contribution in [0.3, 0.4) is 0 Å². The van der Waals surface area contributed by atoms with Crippen LogP contribution in [0.15, 0.2) is 17.5 Å². The number of aromatic nitrogens is 1. The van der Waals surface area contributed by atoms with Crippen molar-refractivity contribution >= 4 is 22.9 Å². The third-order valence-corrected chi connectivity index (χ3v) is 3.56. The number of carbonyl (C=O) groups excluding carboxylic acids is 1. The molecule has 0 fully saturated rings. The molecule has 0 saturated heterocycles. The largest absolute Gasteiger partial charge is 0.507 e. The van der Waals surface area contributed by atoms with Crippen LogP contribution in [0.1, 0.15) is 24.2 Å². The molecule has 0 atom stereocenters. The topological polar surface area (TPSA) is 96.4 Å². The van der Waals surface area contributed by atoms with Gasteiger partial charge in [0.05, 0.1) is 11.1 Å². The molecule has 0 bridgehead atoms. The molecule has 1 aromatic carbocycles. The highest BCUT2D eigenvalue weighted by Crippen LogP contribution is 2.41. The molecule has 6 heteroatoms. The Labute approximate surface area is 114 Å².